The summed E-state index contributed by atoms with van der Waals surface area (Å²) in [6, 6.07) is 0.458. The van der Waals surface area contributed by atoms with Crippen LogP contribution in [0.4, 0.5) is 0 Å². The van der Waals surface area contributed by atoms with E-state index in [1.807, 2.05) is 11.9 Å². The van der Waals surface area contributed by atoms with Gasteiger partial charge in [-0.2, -0.15) is 0 Å². The lowest BCUT2D eigenvalue weighted by molar-refractivity contribution is -0.128. The van der Waals surface area contributed by atoms with Crippen molar-refractivity contribution in [2.75, 3.05) is 20.1 Å². The average Bonchev–Trinajstić information content (AvgIpc) is 2.60. The summed E-state index contributed by atoms with van der Waals surface area (Å²) >= 11 is 0. The molecule has 2 atom stereocenters. The second-order valence-electron chi connectivity index (χ2n) is 5.28. The number of carbonyl (C=O) groups excluding carboxylic acids is 1. The van der Waals surface area contributed by atoms with Gasteiger partial charge in [0.05, 0.1) is 0 Å². The Morgan fingerprint density at radius 1 is 1.50 bits per heavy atom. The predicted octanol–water partition coefficient (Wildman–Crippen LogP) is 1.88. The van der Waals surface area contributed by atoms with Crippen molar-refractivity contribution in [1.29, 1.82) is 0 Å². The lowest BCUT2D eigenvalue weighted by Crippen LogP contribution is -2.40. The summed E-state index contributed by atoms with van der Waals surface area (Å²) in [4.78, 5) is 13.9. The number of nitrogens with zero attached hydrogens (tertiary/aromatic N) is 1. The molecular weight excluding hydrogens is 200 g/mol. The minimum Gasteiger partial charge on any atom is -0.341 e. The van der Waals surface area contributed by atoms with Gasteiger partial charge in [0.25, 0.3) is 0 Å². The molecule has 0 aliphatic carbocycles. The van der Waals surface area contributed by atoms with Gasteiger partial charge in [0.15, 0.2) is 0 Å². The SMILES string of the molecule is CCCC(CN1CC(C(C)C)CC1=O)NC. The predicted molar refractivity (Wildman–Crippen MR) is 67.3 cm³/mol. The van der Waals surface area contributed by atoms with Crippen molar-refractivity contribution in [3.8, 4) is 0 Å². The van der Waals surface area contributed by atoms with Gasteiger partial charge in [0.1, 0.15) is 0 Å². The van der Waals surface area contributed by atoms with Crippen molar-refractivity contribution >= 4 is 5.91 Å². The molecule has 0 aromatic heterocycles. The molecule has 0 bridgehead atoms. The van der Waals surface area contributed by atoms with Gasteiger partial charge < -0.3 is 10.2 Å². The number of amides is 1. The molecule has 1 aliphatic heterocycles. The Balaban J connectivity index is 2.45. The Morgan fingerprint density at radius 2 is 2.19 bits per heavy atom. The van der Waals surface area contributed by atoms with E-state index >= 15 is 0 Å². The second kappa shape index (κ2) is 6.24. The van der Waals surface area contributed by atoms with Gasteiger partial charge in [0.2, 0.25) is 5.91 Å². The fraction of sp³-hybridized carbons (Fsp3) is 0.923. The topological polar surface area (TPSA) is 32.3 Å². The van der Waals surface area contributed by atoms with Gasteiger partial charge in [-0.25, -0.2) is 0 Å². The van der Waals surface area contributed by atoms with Crippen LogP contribution in [0, 0.1) is 11.8 Å². The summed E-state index contributed by atoms with van der Waals surface area (Å²) in [6.07, 6.45) is 3.06. The summed E-state index contributed by atoms with van der Waals surface area (Å²) in [5.74, 6) is 1.52. The maximum absolute atomic E-state index is 11.8. The molecule has 0 aromatic rings. The van der Waals surface area contributed by atoms with E-state index in [-0.39, 0.29) is 0 Å². The molecule has 94 valence electrons. The molecule has 1 amide bonds. The van der Waals surface area contributed by atoms with Gasteiger partial charge in [-0.1, -0.05) is 27.2 Å². The minimum atomic E-state index is 0.343. The summed E-state index contributed by atoms with van der Waals surface area (Å²) in [6.45, 7) is 8.45. The van der Waals surface area contributed by atoms with Crippen LogP contribution in [0.2, 0.25) is 0 Å². The summed E-state index contributed by atoms with van der Waals surface area (Å²) in [5.41, 5.74) is 0. The number of likely N-dealkylation sites (N-methyl/N-ethyl adjacent to an activating group) is 1. The van der Waals surface area contributed by atoms with Crippen molar-refractivity contribution in [2.24, 2.45) is 11.8 Å². The number of hydrogen-bond donors (Lipinski definition) is 1. The molecule has 1 saturated heterocycles. The molecule has 1 rings (SSSR count). The van der Waals surface area contributed by atoms with Crippen molar-refractivity contribution < 1.29 is 4.79 Å². The fourth-order valence-corrected chi connectivity index (χ4v) is 2.37. The van der Waals surface area contributed by atoms with Gasteiger partial charge in [-0.05, 0) is 25.3 Å². The van der Waals surface area contributed by atoms with Crippen molar-refractivity contribution in [2.45, 2.75) is 46.1 Å². The Labute approximate surface area is 99.6 Å². The number of nitrogens with one attached hydrogen (secondary N) is 1. The number of carbonyl (C=O) groups is 1. The minimum absolute atomic E-state index is 0.343. The molecule has 1 heterocycles. The smallest absolute Gasteiger partial charge is 0.222 e. The highest BCUT2D eigenvalue weighted by atomic mass is 16.2. The van der Waals surface area contributed by atoms with Crippen LogP contribution in [0.3, 0.4) is 0 Å². The Bertz CT molecular complexity index is 228. The van der Waals surface area contributed by atoms with Crippen LogP contribution in [0.5, 0.6) is 0 Å². The molecule has 0 radical (unpaired) electrons. The largest absolute Gasteiger partial charge is 0.341 e. The van der Waals surface area contributed by atoms with Gasteiger partial charge >= 0.3 is 0 Å². The van der Waals surface area contributed by atoms with Gasteiger partial charge in [-0.3, -0.25) is 4.79 Å². The van der Waals surface area contributed by atoms with E-state index in [2.05, 4.69) is 26.1 Å². The van der Waals surface area contributed by atoms with Gasteiger partial charge in [0, 0.05) is 25.6 Å². The Kier molecular flexibility index (Phi) is 5.26. The average molecular weight is 226 g/mol. The maximum atomic E-state index is 11.8. The third kappa shape index (κ3) is 3.48. The summed E-state index contributed by atoms with van der Waals surface area (Å²) in [7, 11) is 1.99. The van der Waals surface area contributed by atoms with E-state index in [1.54, 1.807) is 0 Å². The van der Waals surface area contributed by atoms with Crippen molar-refractivity contribution in [3.63, 3.8) is 0 Å². The van der Waals surface area contributed by atoms with Crippen molar-refractivity contribution in [1.82, 2.24) is 10.2 Å². The van der Waals surface area contributed by atoms with Crippen LogP contribution in [0.25, 0.3) is 0 Å². The normalized spacial score (nSPS) is 23.2. The second-order valence-corrected chi connectivity index (χ2v) is 5.28. The molecule has 0 spiro atoms. The summed E-state index contributed by atoms with van der Waals surface area (Å²) < 4.78 is 0. The molecule has 3 heteroatoms. The molecular formula is C13H26N2O. The maximum Gasteiger partial charge on any atom is 0.222 e. The van der Waals surface area contributed by atoms with Gasteiger partial charge in [-0.15, -0.1) is 0 Å². The van der Waals surface area contributed by atoms with Crippen LogP contribution in [-0.2, 0) is 4.79 Å². The van der Waals surface area contributed by atoms with E-state index in [0.29, 0.717) is 23.8 Å². The summed E-state index contributed by atoms with van der Waals surface area (Å²) in [5, 5.41) is 3.30. The zero-order valence-electron chi connectivity index (χ0n) is 11.1. The highest BCUT2D eigenvalue weighted by Gasteiger charge is 2.32. The molecule has 2 unspecified atom stereocenters. The first-order chi connectivity index (χ1) is 7.58. The Hall–Kier alpha value is -0.570. The lowest BCUT2D eigenvalue weighted by atomic mass is 9.95. The van der Waals surface area contributed by atoms with E-state index in [0.717, 1.165) is 25.9 Å². The molecule has 16 heavy (non-hydrogen) atoms. The number of likely N-dealkylation sites (tertiary alicyclic amines) is 1. The molecule has 1 fully saturated rings. The fourth-order valence-electron chi connectivity index (χ4n) is 2.37. The van der Waals surface area contributed by atoms with E-state index in [1.165, 1.54) is 6.42 Å². The first-order valence-corrected chi connectivity index (χ1v) is 6.53. The number of rotatable bonds is 6. The highest BCUT2D eigenvalue weighted by molar-refractivity contribution is 5.78. The quantitative estimate of drug-likeness (QED) is 0.750. The lowest BCUT2D eigenvalue weighted by Gasteiger charge is -2.24. The molecule has 1 N–H and O–H groups in total. The molecule has 3 nitrogen and oxygen atoms in total. The Morgan fingerprint density at radius 3 is 2.62 bits per heavy atom. The van der Waals surface area contributed by atoms with E-state index in [4.69, 9.17) is 0 Å². The molecule has 0 saturated carbocycles. The first-order valence-electron chi connectivity index (χ1n) is 6.53. The third-order valence-electron chi connectivity index (χ3n) is 3.67. The standard InChI is InChI=1S/C13H26N2O/c1-5-6-12(14-4)9-15-8-11(10(2)3)7-13(15)16/h10-12,14H,5-9H2,1-4H3. The van der Waals surface area contributed by atoms with Crippen molar-refractivity contribution in [3.05, 3.63) is 0 Å². The van der Waals surface area contributed by atoms with E-state index in [9.17, 15) is 4.79 Å². The van der Waals surface area contributed by atoms with Crippen LogP contribution in [0.1, 0.15) is 40.0 Å². The van der Waals surface area contributed by atoms with Crippen LogP contribution >= 0.6 is 0 Å². The highest BCUT2D eigenvalue weighted by Crippen LogP contribution is 2.24. The van der Waals surface area contributed by atoms with Crippen LogP contribution in [0.15, 0.2) is 0 Å². The zero-order chi connectivity index (χ0) is 12.1. The molecule has 0 aromatic carbocycles. The van der Waals surface area contributed by atoms with Crippen LogP contribution < -0.4 is 5.32 Å². The monoisotopic (exact) mass is 226 g/mol. The molecule has 1 aliphatic rings. The third-order valence-corrected chi connectivity index (χ3v) is 3.67. The van der Waals surface area contributed by atoms with Crippen LogP contribution in [-0.4, -0.2) is 37.0 Å². The first kappa shape index (κ1) is 13.5. The number of hydrogen-bond acceptors (Lipinski definition) is 2. The van der Waals surface area contributed by atoms with E-state index < -0.39 is 0 Å². The zero-order valence-corrected chi connectivity index (χ0v) is 11.1.